The SMILES string of the molecule is CCCNCC(=O)NC(C)(C)C(C)(C)O. The molecule has 15 heavy (non-hydrogen) atoms. The predicted octanol–water partition coefficient (Wildman–Crippen LogP) is 0.652. The van der Waals surface area contributed by atoms with Gasteiger partial charge >= 0.3 is 0 Å². The Kier molecular flexibility index (Phi) is 5.24. The van der Waals surface area contributed by atoms with E-state index >= 15 is 0 Å². The van der Waals surface area contributed by atoms with Gasteiger partial charge in [0.2, 0.25) is 5.91 Å². The molecule has 0 unspecified atom stereocenters. The Hall–Kier alpha value is -0.610. The molecule has 0 bridgehead atoms. The molecular weight excluding hydrogens is 192 g/mol. The number of aliphatic hydroxyl groups is 1. The fourth-order valence-corrected chi connectivity index (χ4v) is 0.924. The van der Waals surface area contributed by atoms with E-state index in [0.717, 1.165) is 13.0 Å². The first kappa shape index (κ1) is 14.4. The summed E-state index contributed by atoms with van der Waals surface area (Å²) in [5.41, 5.74) is -1.56. The average molecular weight is 216 g/mol. The number of nitrogens with one attached hydrogen (secondary N) is 2. The minimum absolute atomic E-state index is 0.0874. The van der Waals surface area contributed by atoms with Gasteiger partial charge in [0, 0.05) is 0 Å². The molecular formula is C11H24N2O2. The molecule has 0 aliphatic carbocycles. The van der Waals surface area contributed by atoms with E-state index in [4.69, 9.17) is 0 Å². The summed E-state index contributed by atoms with van der Waals surface area (Å²) in [6.45, 7) is 10.2. The lowest BCUT2D eigenvalue weighted by Gasteiger charge is -2.38. The second kappa shape index (κ2) is 5.47. The van der Waals surface area contributed by atoms with Crippen molar-refractivity contribution in [3.05, 3.63) is 0 Å². The molecule has 0 aliphatic heterocycles. The van der Waals surface area contributed by atoms with Crippen LogP contribution in [0.1, 0.15) is 41.0 Å². The van der Waals surface area contributed by atoms with Crippen molar-refractivity contribution in [3.8, 4) is 0 Å². The van der Waals surface area contributed by atoms with Gasteiger partial charge in [-0.05, 0) is 40.7 Å². The molecule has 90 valence electrons. The van der Waals surface area contributed by atoms with E-state index < -0.39 is 11.1 Å². The van der Waals surface area contributed by atoms with Gasteiger partial charge in [0.25, 0.3) is 0 Å². The molecule has 0 rings (SSSR count). The third-order valence-electron chi connectivity index (χ3n) is 2.69. The molecule has 0 radical (unpaired) electrons. The Balaban J connectivity index is 4.06. The van der Waals surface area contributed by atoms with Crippen LogP contribution in [-0.4, -0.2) is 35.2 Å². The van der Waals surface area contributed by atoms with Crippen LogP contribution in [0.2, 0.25) is 0 Å². The zero-order chi connectivity index (χ0) is 12.1. The fraction of sp³-hybridized carbons (Fsp3) is 0.909. The Morgan fingerprint density at radius 2 is 1.80 bits per heavy atom. The highest BCUT2D eigenvalue weighted by Crippen LogP contribution is 2.19. The normalized spacial score (nSPS) is 12.7. The lowest BCUT2D eigenvalue weighted by atomic mass is 9.86. The Morgan fingerprint density at radius 1 is 1.27 bits per heavy atom. The van der Waals surface area contributed by atoms with Crippen LogP contribution in [0.15, 0.2) is 0 Å². The number of hydrogen-bond acceptors (Lipinski definition) is 3. The maximum Gasteiger partial charge on any atom is 0.234 e. The van der Waals surface area contributed by atoms with Crippen LogP contribution < -0.4 is 10.6 Å². The summed E-state index contributed by atoms with van der Waals surface area (Å²) in [6, 6.07) is 0. The topological polar surface area (TPSA) is 61.4 Å². The summed E-state index contributed by atoms with van der Waals surface area (Å²) >= 11 is 0. The molecule has 1 amide bonds. The Labute approximate surface area is 92.4 Å². The molecule has 4 nitrogen and oxygen atoms in total. The van der Waals surface area contributed by atoms with E-state index in [-0.39, 0.29) is 5.91 Å². The third kappa shape index (κ3) is 5.14. The van der Waals surface area contributed by atoms with Gasteiger partial charge in [-0.25, -0.2) is 0 Å². The van der Waals surface area contributed by atoms with E-state index in [0.29, 0.717) is 6.54 Å². The number of amides is 1. The maximum absolute atomic E-state index is 11.5. The number of carbonyl (C=O) groups is 1. The van der Waals surface area contributed by atoms with Crippen molar-refractivity contribution < 1.29 is 9.90 Å². The van der Waals surface area contributed by atoms with E-state index in [1.165, 1.54) is 0 Å². The highest BCUT2D eigenvalue weighted by atomic mass is 16.3. The second-order valence-electron chi connectivity index (χ2n) is 4.91. The molecule has 4 heteroatoms. The van der Waals surface area contributed by atoms with Gasteiger partial charge in [-0.15, -0.1) is 0 Å². The molecule has 0 spiro atoms. The summed E-state index contributed by atoms with van der Waals surface area (Å²) in [7, 11) is 0. The summed E-state index contributed by atoms with van der Waals surface area (Å²) in [6.07, 6.45) is 1.00. The molecule has 0 aromatic rings. The Morgan fingerprint density at radius 3 is 2.20 bits per heavy atom. The monoisotopic (exact) mass is 216 g/mol. The first-order chi connectivity index (χ1) is 6.70. The minimum Gasteiger partial charge on any atom is -0.388 e. The summed E-state index contributed by atoms with van der Waals surface area (Å²) in [4.78, 5) is 11.5. The molecule has 0 saturated heterocycles. The Bertz CT molecular complexity index is 207. The predicted molar refractivity (Wildman–Crippen MR) is 61.7 cm³/mol. The third-order valence-corrected chi connectivity index (χ3v) is 2.69. The largest absolute Gasteiger partial charge is 0.388 e. The second-order valence-corrected chi connectivity index (χ2v) is 4.91. The summed E-state index contributed by atoms with van der Waals surface area (Å²) in [5, 5.41) is 15.6. The first-order valence-electron chi connectivity index (χ1n) is 5.45. The van der Waals surface area contributed by atoms with Gasteiger partial charge in [0.1, 0.15) is 0 Å². The molecule has 0 aromatic carbocycles. The number of carbonyl (C=O) groups excluding carboxylic acids is 1. The molecule has 0 heterocycles. The van der Waals surface area contributed by atoms with Crippen molar-refractivity contribution in [1.29, 1.82) is 0 Å². The fourth-order valence-electron chi connectivity index (χ4n) is 0.924. The highest BCUT2D eigenvalue weighted by molar-refractivity contribution is 5.78. The number of hydrogen-bond donors (Lipinski definition) is 3. The van der Waals surface area contributed by atoms with Gasteiger partial charge in [-0.2, -0.15) is 0 Å². The molecule has 0 aliphatic rings. The van der Waals surface area contributed by atoms with Crippen molar-refractivity contribution in [2.75, 3.05) is 13.1 Å². The average Bonchev–Trinajstić information content (AvgIpc) is 2.01. The minimum atomic E-state index is -0.937. The van der Waals surface area contributed by atoms with Crippen molar-refractivity contribution in [3.63, 3.8) is 0 Å². The highest BCUT2D eigenvalue weighted by Gasteiger charge is 2.35. The van der Waals surface area contributed by atoms with Crippen LogP contribution in [-0.2, 0) is 4.79 Å². The smallest absolute Gasteiger partial charge is 0.234 e. The quantitative estimate of drug-likeness (QED) is 0.571. The molecule has 0 aromatic heterocycles. The van der Waals surface area contributed by atoms with Crippen molar-refractivity contribution in [1.82, 2.24) is 10.6 Å². The van der Waals surface area contributed by atoms with Crippen LogP contribution in [0.3, 0.4) is 0 Å². The van der Waals surface area contributed by atoms with Crippen LogP contribution in [0.25, 0.3) is 0 Å². The zero-order valence-corrected chi connectivity index (χ0v) is 10.5. The van der Waals surface area contributed by atoms with Crippen LogP contribution >= 0.6 is 0 Å². The molecule has 3 N–H and O–H groups in total. The van der Waals surface area contributed by atoms with E-state index in [9.17, 15) is 9.90 Å². The van der Waals surface area contributed by atoms with Gasteiger partial charge in [-0.1, -0.05) is 6.92 Å². The molecule has 0 saturated carbocycles. The van der Waals surface area contributed by atoms with Gasteiger partial charge in [0.15, 0.2) is 0 Å². The van der Waals surface area contributed by atoms with E-state index in [2.05, 4.69) is 10.6 Å². The van der Waals surface area contributed by atoms with Gasteiger partial charge in [0.05, 0.1) is 17.7 Å². The number of rotatable bonds is 6. The van der Waals surface area contributed by atoms with Crippen molar-refractivity contribution >= 4 is 5.91 Å². The van der Waals surface area contributed by atoms with Crippen LogP contribution in [0.5, 0.6) is 0 Å². The standard InChI is InChI=1S/C11H24N2O2/c1-6-7-12-8-9(14)13-10(2,3)11(4,5)15/h12,15H,6-8H2,1-5H3,(H,13,14). The zero-order valence-electron chi connectivity index (χ0n) is 10.5. The van der Waals surface area contributed by atoms with E-state index in [1.54, 1.807) is 13.8 Å². The van der Waals surface area contributed by atoms with Crippen molar-refractivity contribution in [2.45, 2.75) is 52.2 Å². The van der Waals surface area contributed by atoms with E-state index in [1.807, 2.05) is 20.8 Å². The molecule has 0 fully saturated rings. The maximum atomic E-state index is 11.5. The van der Waals surface area contributed by atoms with Crippen molar-refractivity contribution in [2.24, 2.45) is 0 Å². The lowest BCUT2D eigenvalue weighted by molar-refractivity contribution is -0.125. The summed E-state index contributed by atoms with van der Waals surface area (Å²) < 4.78 is 0. The summed E-state index contributed by atoms with van der Waals surface area (Å²) in [5.74, 6) is -0.0874. The van der Waals surface area contributed by atoms with Crippen LogP contribution in [0.4, 0.5) is 0 Å². The van der Waals surface area contributed by atoms with Gasteiger partial charge < -0.3 is 15.7 Å². The first-order valence-corrected chi connectivity index (χ1v) is 5.45. The van der Waals surface area contributed by atoms with Gasteiger partial charge in [-0.3, -0.25) is 4.79 Å². The molecule has 0 atom stereocenters. The lowest BCUT2D eigenvalue weighted by Crippen LogP contribution is -2.59. The van der Waals surface area contributed by atoms with Crippen LogP contribution in [0, 0.1) is 0 Å².